The summed E-state index contributed by atoms with van der Waals surface area (Å²) in [5, 5.41) is 21.2. The van der Waals surface area contributed by atoms with E-state index in [0.717, 1.165) is 0 Å². The van der Waals surface area contributed by atoms with Crippen LogP contribution in [0.4, 0.5) is 10.5 Å². The molecule has 1 aromatic carbocycles. The molecule has 0 aromatic heterocycles. The molecule has 6 nitrogen and oxygen atoms in total. The number of phenolic OH excluding ortho intramolecular Hbond substituents is 1. The van der Waals surface area contributed by atoms with Crippen LogP contribution in [0.15, 0.2) is 24.3 Å². The average molecular weight is 294 g/mol. The number of rotatable bonds is 6. The first-order valence-electron chi connectivity index (χ1n) is 6.95. The second-order valence-electron chi connectivity index (χ2n) is 5.23. The number of urea groups is 1. The maximum absolute atomic E-state index is 12.3. The lowest BCUT2D eigenvalue weighted by molar-refractivity contribution is -0.139. The molecule has 0 radical (unpaired) electrons. The zero-order valence-corrected chi connectivity index (χ0v) is 12.5. The number of anilines is 1. The Bertz CT molecular complexity index is 502. The van der Waals surface area contributed by atoms with Crippen molar-refractivity contribution in [2.45, 2.75) is 33.2 Å². The Morgan fingerprint density at radius 1 is 1.33 bits per heavy atom. The number of carbonyl (C=O) groups excluding carboxylic acids is 1. The van der Waals surface area contributed by atoms with Crippen LogP contribution >= 0.6 is 0 Å². The Kier molecular flexibility index (Phi) is 6.02. The molecule has 0 unspecified atom stereocenters. The predicted octanol–water partition coefficient (Wildman–Crippen LogP) is 2.43. The lowest BCUT2D eigenvalue weighted by atomic mass is 10.0. The summed E-state index contributed by atoms with van der Waals surface area (Å²) < 4.78 is 0. The predicted molar refractivity (Wildman–Crippen MR) is 80.5 cm³/mol. The molecule has 0 heterocycles. The molecule has 0 aliphatic carbocycles. The molecule has 116 valence electrons. The normalized spacial score (nSPS) is 12.0. The van der Waals surface area contributed by atoms with Crippen LogP contribution in [0, 0.1) is 5.92 Å². The second kappa shape index (κ2) is 7.52. The summed E-state index contributed by atoms with van der Waals surface area (Å²) in [6, 6.07) is 4.86. The third kappa shape index (κ3) is 4.98. The molecule has 0 aliphatic heterocycles. The molecule has 21 heavy (non-hydrogen) atoms. The van der Waals surface area contributed by atoms with Gasteiger partial charge in [-0.05, 0) is 31.4 Å². The molecule has 6 heteroatoms. The van der Waals surface area contributed by atoms with Gasteiger partial charge in [-0.3, -0.25) is 4.90 Å². The number of aromatic hydroxyl groups is 1. The fourth-order valence-corrected chi connectivity index (χ4v) is 2.02. The highest BCUT2D eigenvalue weighted by Crippen LogP contribution is 2.20. The minimum absolute atomic E-state index is 0.0516. The number of nitrogens with zero attached hydrogens (tertiary/aromatic N) is 1. The molecule has 0 spiro atoms. The van der Waals surface area contributed by atoms with Crippen molar-refractivity contribution in [1.82, 2.24) is 5.32 Å². The molecule has 2 amide bonds. The van der Waals surface area contributed by atoms with Crippen molar-refractivity contribution in [3.8, 4) is 5.75 Å². The summed E-state index contributed by atoms with van der Waals surface area (Å²) in [5.74, 6) is -0.845. The molecule has 1 atom stereocenters. The Morgan fingerprint density at radius 2 is 2.00 bits per heavy atom. The van der Waals surface area contributed by atoms with Crippen molar-refractivity contribution in [2.75, 3.05) is 11.4 Å². The van der Waals surface area contributed by atoms with Crippen LogP contribution < -0.4 is 10.2 Å². The number of nitrogens with one attached hydrogen (secondary N) is 1. The fraction of sp³-hybridized carbons (Fsp3) is 0.467. The third-order valence-corrected chi connectivity index (χ3v) is 3.01. The number of amides is 2. The van der Waals surface area contributed by atoms with Crippen LogP contribution in [0.5, 0.6) is 5.75 Å². The number of carboxylic acids is 1. The Balaban J connectivity index is 2.85. The maximum atomic E-state index is 12.3. The molecule has 1 aromatic rings. The van der Waals surface area contributed by atoms with Crippen molar-refractivity contribution in [1.29, 1.82) is 0 Å². The van der Waals surface area contributed by atoms with E-state index in [4.69, 9.17) is 5.11 Å². The van der Waals surface area contributed by atoms with Gasteiger partial charge in [0.05, 0.1) is 0 Å². The fourth-order valence-electron chi connectivity index (χ4n) is 2.02. The van der Waals surface area contributed by atoms with Crippen LogP contribution in [-0.2, 0) is 4.79 Å². The molecule has 0 fully saturated rings. The molecule has 3 N–H and O–H groups in total. The number of carboxylic acid groups (broad SMARTS) is 1. The maximum Gasteiger partial charge on any atom is 0.326 e. The minimum atomic E-state index is -1.05. The number of carbonyl (C=O) groups is 2. The number of phenols is 1. The van der Waals surface area contributed by atoms with E-state index in [2.05, 4.69) is 5.32 Å². The smallest absolute Gasteiger partial charge is 0.326 e. The highest BCUT2D eigenvalue weighted by molar-refractivity contribution is 5.94. The minimum Gasteiger partial charge on any atom is -0.508 e. The van der Waals surface area contributed by atoms with E-state index in [1.807, 2.05) is 13.8 Å². The van der Waals surface area contributed by atoms with E-state index in [1.165, 1.54) is 17.0 Å². The topological polar surface area (TPSA) is 89.9 Å². The summed E-state index contributed by atoms with van der Waals surface area (Å²) in [6.07, 6.45) is 0.360. The molecule has 1 rings (SSSR count). The zero-order chi connectivity index (χ0) is 16.0. The molecule has 0 saturated heterocycles. The lowest BCUT2D eigenvalue weighted by Gasteiger charge is -2.24. The van der Waals surface area contributed by atoms with Crippen molar-refractivity contribution < 1.29 is 19.8 Å². The average Bonchev–Trinajstić information content (AvgIpc) is 2.38. The highest BCUT2D eigenvalue weighted by Gasteiger charge is 2.24. The van der Waals surface area contributed by atoms with Gasteiger partial charge in [0.25, 0.3) is 0 Å². The van der Waals surface area contributed by atoms with Crippen molar-refractivity contribution in [3.05, 3.63) is 24.3 Å². The number of aliphatic carboxylic acids is 1. The van der Waals surface area contributed by atoms with Gasteiger partial charge in [-0.15, -0.1) is 0 Å². The van der Waals surface area contributed by atoms with Gasteiger partial charge < -0.3 is 15.5 Å². The Hall–Kier alpha value is -2.24. The quantitative estimate of drug-likeness (QED) is 0.751. The number of hydrogen-bond acceptors (Lipinski definition) is 3. The van der Waals surface area contributed by atoms with Crippen molar-refractivity contribution in [2.24, 2.45) is 5.92 Å². The van der Waals surface area contributed by atoms with Gasteiger partial charge in [0.15, 0.2) is 0 Å². The van der Waals surface area contributed by atoms with Gasteiger partial charge in [0.2, 0.25) is 0 Å². The van der Waals surface area contributed by atoms with Crippen molar-refractivity contribution >= 4 is 17.7 Å². The molecular formula is C15H22N2O4. The number of hydrogen-bond donors (Lipinski definition) is 3. The van der Waals surface area contributed by atoms with Gasteiger partial charge in [0.1, 0.15) is 11.8 Å². The van der Waals surface area contributed by atoms with Crippen LogP contribution in [-0.4, -0.2) is 34.8 Å². The van der Waals surface area contributed by atoms with Gasteiger partial charge in [-0.25, -0.2) is 9.59 Å². The second-order valence-corrected chi connectivity index (χ2v) is 5.23. The van der Waals surface area contributed by atoms with E-state index >= 15 is 0 Å². The molecule has 0 saturated carbocycles. The van der Waals surface area contributed by atoms with E-state index in [9.17, 15) is 14.7 Å². The van der Waals surface area contributed by atoms with E-state index in [0.29, 0.717) is 18.7 Å². The summed E-state index contributed by atoms with van der Waals surface area (Å²) in [4.78, 5) is 24.8. The SMILES string of the molecule is CCN(C(=O)N[C@@H](CC(C)C)C(=O)O)c1cccc(O)c1. The molecule has 0 aliphatic rings. The summed E-state index contributed by atoms with van der Waals surface area (Å²) in [7, 11) is 0. The van der Waals surface area contributed by atoms with E-state index in [1.54, 1.807) is 19.1 Å². The van der Waals surface area contributed by atoms with Gasteiger partial charge in [-0.1, -0.05) is 19.9 Å². The van der Waals surface area contributed by atoms with Gasteiger partial charge >= 0.3 is 12.0 Å². The zero-order valence-electron chi connectivity index (χ0n) is 12.5. The lowest BCUT2D eigenvalue weighted by Crippen LogP contribution is -2.48. The van der Waals surface area contributed by atoms with Crippen LogP contribution in [0.1, 0.15) is 27.2 Å². The van der Waals surface area contributed by atoms with E-state index < -0.39 is 18.0 Å². The highest BCUT2D eigenvalue weighted by atomic mass is 16.4. The van der Waals surface area contributed by atoms with Gasteiger partial charge in [-0.2, -0.15) is 0 Å². The summed E-state index contributed by atoms with van der Waals surface area (Å²) in [6.45, 7) is 5.94. The first-order chi connectivity index (χ1) is 9.85. The summed E-state index contributed by atoms with van der Waals surface area (Å²) in [5.41, 5.74) is 0.517. The standard InChI is InChI=1S/C15H22N2O4/c1-4-17(11-6-5-7-12(18)9-11)15(21)16-13(14(19)20)8-10(2)3/h5-7,9-10,13,18H,4,8H2,1-3H3,(H,16,21)(H,19,20)/t13-/m0/s1. The van der Waals surface area contributed by atoms with Gasteiger partial charge in [0, 0.05) is 18.3 Å². The van der Waals surface area contributed by atoms with Crippen LogP contribution in [0.25, 0.3) is 0 Å². The molecule has 0 bridgehead atoms. The van der Waals surface area contributed by atoms with Crippen LogP contribution in [0.3, 0.4) is 0 Å². The Labute approximate surface area is 124 Å². The molecular weight excluding hydrogens is 272 g/mol. The third-order valence-electron chi connectivity index (χ3n) is 3.01. The summed E-state index contributed by atoms with van der Waals surface area (Å²) >= 11 is 0. The first kappa shape index (κ1) is 16.8. The van der Waals surface area contributed by atoms with E-state index in [-0.39, 0.29) is 11.7 Å². The Morgan fingerprint density at radius 3 is 2.48 bits per heavy atom. The first-order valence-corrected chi connectivity index (χ1v) is 6.95. The number of benzene rings is 1. The van der Waals surface area contributed by atoms with Crippen LogP contribution in [0.2, 0.25) is 0 Å². The van der Waals surface area contributed by atoms with Crippen molar-refractivity contribution in [3.63, 3.8) is 0 Å². The monoisotopic (exact) mass is 294 g/mol. The largest absolute Gasteiger partial charge is 0.508 e.